The van der Waals surface area contributed by atoms with Gasteiger partial charge in [-0.3, -0.25) is 0 Å². The minimum Gasteiger partial charge on any atom is -0.480 e. The Morgan fingerprint density at radius 2 is 2.24 bits per heavy atom. The number of likely N-dealkylation sites (tertiary alicyclic amines) is 1. The van der Waals surface area contributed by atoms with E-state index < -0.39 is 12.0 Å². The van der Waals surface area contributed by atoms with Crippen LogP contribution in [0.25, 0.3) is 0 Å². The number of ether oxygens (including phenoxy) is 1. The molecule has 1 aliphatic rings. The van der Waals surface area contributed by atoms with E-state index in [0.29, 0.717) is 32.7 Å². The van der Waals surface area contributed by atoms with Crippen LogP contribution in [0.1, 0.15) is 19.8 Å². The number of carbonyl (C=O) groups is 2. The zero-order valence-electron chi connectivity index (χ0n) is 10.4. The molecule has 98 valence electrons. The van der Waals surface area contributed by atoms with E-state index in [4.69, 9.17) is 9.84 Å². The average molecular weight is 244 g/mol. The molecular weight excluding hydrogens is 224 g/mol. The summed E-state index contributed by atoms with van der Waals surface area (Å²) in [5.74, 6) is -0.918. The fraction of sp³-hybridized carbons (Fsp3) is 0.818. The van der Waals surface area contributed by atoms with Crippen LogP contribution in [0, 0.1) is 0 Å². The third kappa shape index (κ3) is 3.33. The Bertz CT molecular complexity index is 283. The number of aliphatic carboxylic acids is 1. The fourth-order valence-corrected chi connectivity index (χ4v) is 2.02. The Hall–Kier alpha value is -1.30. The molecule has 1 aliphatic heterocycles. The number of amides is 2. The van der Waals surface area contributed by atoms with Gasteiger partial charge in [0.1, 0.15) is 6.04 Å². The van der Waals surface area contributed by atoms with Crippen molar-refractivity contribution in [3.8, 4) is 0 Å². The second kappa shape index (κ2) is 6.44. The van der Waals surface area contributed by atoms with Gasteiger partial charge in [-0.1, -0.05) is 0 Å². The molecule has 0 bridgehead atoms. The number of carboxylic acid groups (broad SMARTS) is 1. The first kappa shape index (κ1) is 13.8. The van der Waals surface area contributed by atoms with Crippen molar-refractivity contribution in [2.45, 2.75) is 25.8 Å². The molecule has 0 unspecified atom stereocenters. The molecular formula is C11H20N2O4. The normalized spacial score (nSPS) is 19.4. The third-order valence-electron chi connectivity index (χ3n) is 3.00. The molecule has 0 aromatic heterocycles. The zero-order valence-corrected chi connectivity index (χ0v) is 10.4. The molecule has 0 aromatic carbocycles. The average Bonchev–Trinajstić information content (AvgIpc) is 2.78. The highest BCUT2D eigenvalue weighted by Crippen LogP contribution is 2.19. The molecule has 0 aliphatic carbocycles. The summed E-state index contributed by atoms with van der Waals surface area (Å²) in [6.45, 7) is 3.92. The topological polar surface area (TPSA) is 70.1 Å². The van der Waals surface area contributed by atoms with Crippen LogP contribution in [-0.4, -0.2) is 66.3 Å². The Labute approximate surface area is 101 Å². The molecule has 0 spiro atoms. The first-order valence-corrected chi connectivity index (χ1v) is 5.89. The van der Waals surface area contributed by atoms with Crippen LogP contribution in [0.5, 0.6) is 0 Å². The van der Waals surface area contributed by atoms with Crippen molar-refractivity contribution in [2.75, 3.05) is 33.4 Å². The second-order valence-electron chi connectivity index (χ2n) is 4.04. The smallest absolute Gasteiger partial charge is 0.326 e. The maximum Gasteiger partial charge on any atom is 0.326 e. The van der Waals surface area contributed by atoms with Gasteiger partial charge in [0.05, 0.1) is 6.61 Å². The van der Waals surface area contributed by atoms with Gasteiger partial charge in [-0.15, -0.1) is 0 Å². The summed E-state index contributed by atoms with van der Waals surface area (Å²) in [6.07, 6.45) is 1.30. The number of hydrogen-bond acceptors (Lipinski definition) is 3. The maximum atomic E-state index is 12.1. The van der Waals surface area contributed by atoms with E-state index in [2.05, 4.69) is 0 Å². The molecule has 1 saturated heterocycles. The second-order valence-corrected chi connectivity index (χ2v) is 4.04. The van der Waals surface area contributed by atoms with Gasteiger partial charge in [-0.05, 0) is 19.8 Å². The number of carbonyl (C=O) groups excluding carboxylic acids is 1. The van der Waals surface area contributed by atoms with E-state index >= 15 is 0 Å². The van der Waals surface area contributed by atoms with Gasteiger partial charge < -0.3 is 19.6 Å². The van der Waals surface area contributed by atoms with Crippen LogP contribution < -0.4 is 0 Å². The van der Waals surface area contributed by atoms with Crippen LogP contribution >= 0.6 is 0 Å². The summed E-state index contributed by atoms with van der Waals surface area (Å²) in [5.41, 5.74) is 0. The van der Waals surface area contributed by atoms with E-state index in [9.17, 15) is 9.59 Å². The molecule has 1 atom stereocenters. The molecule has 6 heteroatoms. The highest BCUT2D eigenvalue weighted by atomic mass is 16.5. The van der Waals surface area contributed by atoms with Crippen LogP contribution in [0.15, 0.2) is 0 Å². The minimum absolute atomic E-state index is 0.200. The lowest BCUT2D eigenvalue weighted by Crippen LogP contribution is -2.48. The SMILES string of the molecule is CCN(CCOC)C(=O)N1CCC[C@@H]1C(=O)O. The number of rotatable bonds is 5. The summed E-state index contributed by atoms with van der Waals surface area (Å²) in [7, 11) is 1.58. The van der Waals surface area contributed by atoms with Gasteiger partial charge in [0.2, 0.25) is 0 Å². The molecule has 2 amide bonds. The van der Waals surface area contributed by atoms with Crippen LogP contribution in [0.2, 0.25) is 0 Å². The highest BCUT2D eigenvalue weighted by molar-refractivity contribution is 5.83. The van der Waals surface area contributed by atoms with Gasteiger partial charge in [0, 0.05) is 26.7 Å². The first-order valence-electron chi connectivity index (χ1n) is 5.89. The summed E-state index contributed by atoms with van der Waals surface area (Å²) < 4.78 is 4.93. The predicted molar refractivity (Wildman–Crippen MR) is 61.9 cm³/mol. The molecule has 1 N–H and O–H groups in total. The van der Waals surface area contributed by atoms with Crippen LogP contribution in [0.4, 0.5) is 4.79 Å². The third-order valence-corrected chi connectivity index (χ3v) is 3.00. The van der Waals surface area contributed by atoms with Crippen molar-refractivity contribution in [3.05, 3.63) is 0 Å². The largest absolute Gasteiger partial charge is 0.480 e. The number of likely N-dealkylation sites (N-methyl/N-ethyl adjacent to an activating group) is 1. The number of hydrogen-bond donors (Lipinski definition) is 1. The fourth-order valence-electron chi connectivity index (χ4n) is 2.02. The van der Waals surface area contributed by atoms with E-state index in [1.54, 1.807) is 12.0 Å². The zero-order chi connectivity index (χ0) is 12.8. The van der Waals surface area contributed by atoms with E-state index in [1.807, 2.05) is 6.92 Å². The van der Waals surface area contributed by atoms with Gasteiger partial charge in [-0.2, -0.15) is 0 Å². The molecule has 6 nitrogen and oxygen atoms in total. The lowest BCUT2D eigenvalue weighted by Gasteiger charge is -2.29. The molecule has 17 heavy (non-hydrogen) atoms. The Morgan fingerprint density at radius 1 is 1.53 bits per heavy atom. The molecule has 1 fully saturated rings. The summed E-state index contributed by atoms with van der Waals surface area (Å²) in [6, 6.07) is -0.867. The Balaban J connectivity index is 2.63. The van der Waals surface area contributed by atoms with Gasteiger partial charge in [0.15, 0.2) is 0 Å². The van der Waals surface area contributed by atoms with Gasteiger partial charge in [-0.25, -0.2) is 9.59 Å². The highest BCUT2D eigenvalue weighted by Gasteiger charge is 2.35. The Morgan fingerprint density at radius 3 is 2.76 bits per heavy atom. The van der Waals surface area contributed by atoms with Crippen molar-refractivity contribution in [3.63, 3.8) is 0 Å². The van der Waals surface area contributed by atoms with Crippen molar-refractivity contribution in [1.29, 1.82) is 0 Å². The number of methoxy groups -OCH3 is 1. The lowest BCUT2D eigenvalue weighted by atomic mass is 10.2. The van der Waals surface area contributed by atoms with Crippen LogP contribution in [-0.2, 0) is 9.53 Å². The van der Waals surface area contributed by atoms with Crippen molar-refractivity contribution in [2.24, 2.45) is 0 Å². The van der Waals surface area contributed by atoms with Gasteiger partial charge in [0.25, 0.3) is 0 Å². The van der Waals surface area contributed by atoms with Crippen LogP contribution in [0.3, 0.4) is 0 Å². The molecule has 1 rings (SSSR count). The molecule has 1 heterocycles. The van der Waals surface area contributed by atoms with E-state index in [0.717, 1.165) is 6.42 Å². The number of urea groups is 1. The van der Waals surface area contributed by atoms with E-state index in [1.165, 1.54) is 4.90 Å². The summed E-state index contributed by atoms with van der Waals surface area (Å²) >= 11 is 0. The Kier molecular flexibility index (Phi) is 5.21. The quantitative estimate of drug-likeness (QED) is 0.769. The summed E-state index contributed by atoms with van der Waals surface area (Å²) in [4.78, 5) is 26.2. The monoisotopic (exact) mass is 244 g/mol. The van der Waals surface area contributed by atoms with E-state index in [-0.39, 0.29) is 6.03 Å². The molecule has 0 saturated carbocycles. The predicted octanol–water partition coefficient (Wildman–Crippen LogP) is 0.624. The van der Waals surface area contributed by atoms with Crippen molar-refractivity contribution in [1.82, 2.24) is 9.80 Å². The number of carboxylic acids is 1. The van der Waals surface area contributed by atoms with Crippen molar-refractivity contribution < 1.29 is 19.4 Å². The number of nitrogens with zero attached hydrogens (tertiary/aromatic N) is 2. The lowest BCUT2D eigenvalue weighted by molar-refractivity contribution is -0.141. The first-order chi connectivity index (χ1) is 8.11. The molecule has 0 aromatic rings. The molecule has 0 radical (unpaired) electrons. The minimum atomic E-state index is -0.918. The van der Waals surface area contributed by atoms with Gasteiger partial charge >= 0.3 is 12.0 Å². The van der Waals surface area contributed by atoms with Crippen molar-refractivity contribution >= 4 is 12.0 Å². The summed E-state index contributed by atoms with van der Waals surface area (Å²) in [5, 5.41) is 9.03. The maximum absolute atomic E-state index is 12.1. The standard InChI is InChI=1S/C11H20N2O4/c1-3-12(7-8-17-2)11(16)13-6-4-5-9(13)10(14)15/h9H,3-8H2,1-2H3,(H,14,15)/t9-/m1/s1.